The monoisotopic (exact) mass is 320 g/mol. The second-order valence-corrected chi connectivity index (χ2v) is 5.83. The molecule has 3 rings (SSSR count). The van der Waals surface area contributed by atoms with Gasteiger partial charge in [0.25, 0.3) is 0 Å². The molecule has 0 unspecified atom stereocenters. The van der Waals surface area contributed by atoms with Crippen LogP contribution in [0.5, 0.6) is 0 Å². The van der Waals surface area contributed by atoms with E-state index in [0.717, 1.165) is 18.7 Å². The van der Waals surface area contributed by atoms with Crippen molar-refractivity contribution in [1.82, 2.24) is 5.32 Å². The summed E-state index contributed by atoms with van der Waals surface area (Å²) in [6.07, 6.45) is 2.28. The minimum Gasteiger partial charge on any atom is -0.382 e. The molecule has 0 atom stereocenters. The fourth-order valence-corrected chi connectivity index (χ4v) is 2.80. The van der Waals surface area contributed by atoms with Crippen molar-refractivity contribution < 1.29 is 9.59 Å². The minimum atomic E-state index is -0.117. The summed E-state index contributed by atoms with van der Waals surface area (Å²) in [6, 6.07) is 17.1. The maximum absolute atomic E-state index is 12.4. The topological polar surface area (TPSA) is 49.4 Å². The zero-order chi connectivity index (χ0) is 16.9. The van der Waals surface area contributed by atoms with E-state index in [1.165, 1.54) is 6.08 Å². The molecule has 0 heterocycles. The number of fused-ring (bicyclic) bond motifs is 1. The Hall–Kier alpha value is -2.88. The molecule has 122 valence electrons. The van der Waals surface area contributed by atoms with Gasteiger partial charge in [0.05, 0.1) is 5.70 Å². The van der Waals surface area contributed by atoms with Gasteiger partial charge in [0.2, 0.25) is 5.78 Å². The van der Waals surface area contributed by atoms with Crippen LogP contribution in [0.1, 0.15) is 27.1 Å². The SMILES string of the molecule is CN(CCCNC1=CC(=O)c2ccccc2C1=O)c1ccccc1. The molecule has 0 aliphatic heterocycles. The standard InChI is InChI=1S/C20H20N2O2/c1-22(15-8-3-2-4-9-15)13-7-12-21-18-14-19(23)16-10-5-6-11-17(16)20(18)24/h2-6,8-11,14,21H,7,12-13H2,1H3. The summed E-state index contributed by atoms with van der Waals surface area (Å²) in [5.41, 5.74) is 2.52. The Labute approximate surface area is 141 Å². The van der Waals surface area contributed by atoms with Crippen LogP contribution in [0.15, 0.2) is 66.4 Å². The molecular weight excluding hydrogens is 300 g/mol. The zero-order valence-corrected chi connectivity index (χ0v) is 13.7. The van der Waals surface area contributed by atoms with Crippen LogP contribution in [0.25, 0.3) is 0 Å². The number of allylic oxidation sites excluding steroid dienone is 2. The van der Waals surface area contributed by atoms with Crippen LogP contribution in [0.2, 0.25) is 0 Å². The second kappa shape index (κ2) is 7.13. The van der Waals surface area contributed by atoms with E-state index < -0.39 is 0 Å². The number of para-hydroxylation sites is 1. The van der Waals surface area contributed by atoms with Crippen molar-refractivity contribution in [3.05, 3.63) is 77.5 Å². The molecule has 0 spiro atoms. The van der Waals surface area contributed by atoms with Gasteiger partial charge in [-0.05, 0) is 18.6 Å². The molecule has 0 aromatic heterocycles. The lowest BCUT2D eigenvalue weighted by atomic mass is 9.93. The van der Waals surface area contributed by atoms with Gasteiger partial charge in [0, 0.05) is 43.0 Å². The highest BCUT2D eigenvalue weighted by atomic mass is 16.1. The normalized spacial score (nSPS) is 13.3. The lowest BCUT2D eigenvalue weighted by Crippen LogP contribution is -2.29. The van der Waals surface area contributed by atoms with Gasteiger partial charge in [-0.1, -0.05) is 42.5 Å². The first-order valence-corrected chi connectivity index (χ1v) is 8.06. The quantitative estimate of drug-likeness (QED) is 0.831. The van der Waals surface area contributed by atoms with Gasteiger partial charge in [-0.2, -0.15) is 0 Å². The van der Waals surface area contributed by atoms with Crippen LogP contribution in [0.4, 0.5) is 5.69 Å². The Morgan fingerprint density at radius 3 is 2.33 bits per heavy atom. The fourth-order valence-electron chi connectivity index (χ4n) is 2.80. The number of Topliss-reactive ketones (excluding diaryl/α,β-unsaturated/α-hetero) is 1. The van der Waals surface area contributed by atoms with Gasteiger partial charge in [-0.15, -0.1) is 0 Å². The number of hydrogen-bond donors (Lipinski definition) is 1. The number of nitrogens with zero attached hydrogens (tertiary/aromatic N) is 1. The largest absolute Gasteiger partial charge is 0.382 e. The third-order valence-electron chi connectivity index (χ3n) is 4.14. The van der Waals surface area contributed by atoms with Crippen LogP contribution >= 0.6 is 0 Å². The number of ketones is 2. The molecule has 2 aromatic carbocycles. The summed E-state index contributed by atoms with van der Waals surface area (Å²) < 4.78 is 0. The van der Waals surface area contributed by atoms with Gasteiger partial charge >= 0.3 is 0 Å². The molecule has 24 heavy (non-hydrogen) atoms. The smallest absolute Gasteiger partial charge is 0.209 e. The molecule has 4 nitrogen and oxygen atoms in total. The highest BCUT2D eigenvalue weighted by Crippen LogP contribution is 2.19. The highest BCUT2D eigenvalue weighted by Gasteiger charge is 2.24. The van der Waals surface area contributed by atoms with Gasteiger partial charge in [0.15, 0.2) is 5.78 Å². The van der Waals surface area contributed by atoms with E-state index in [4.69, 9.17) is 0 Å². The number of benzene rings is 2. The van der Waals surface area contributed by atoms with E-state index >= 15 is 0 Å². The van der Waals surface area contributed by atoms with Gasteiger partial charge in [0.1, 0.15) is 0 Å². The molecule has 0 amide bonds. The summed E-state index contributed by atoms with van der Waals surface area (Å²) in [5, 5.41) is 3.11. The molecule has 1 aliphatic rings. The Bertz CT molecular complexity index is 781. The summed E-state index contributed by atoms with van der Waals surface area (Å²) in [6.45, 7) is 1.51. The van der Waals surface area contributed by atoms with E-state index in [1.54, 1.807) is 24.3 Å². The predicted molar refractivity (Wildman–Crippen MR) is 95.5 cm³/mol. The van der Waals surface area contributed by atoms with Crippen molar-refractivity contribution in [2.45, 2.75) is 6.42 Å². The summed E-state index contributed by atoms with van der Waals surface area (Å²) in [7, 11) is 2.04. The molecular formula is C20H20N2O2. The molecule has 0 saturated heterocycles. The number of carbonyl (C=O) groups excluding carboxylic acids is 2. The first kappa shape index (κ1) is 16.0. The number of rotatable bonds is 6. The molecule has 0 saturated carbocycles. The molecule has 0 bridgehead atoms. The van der Waals surface area contributed by atoms with Crippen molar-refractivity contribution in [3.8, 4) is 0 Å². The second-order valence-electron chi connectivity index (χ2n) is 5.83. The zero-order valence-electron chi connectivity index (χ0n) is 13.7. The Morgan fingerprint density at radius 2 is 1.58 bits per heavy atom. The molecule has 2 aromatic rings. The average molecular weight is 320 g/mol. The summed E-state index contributed by atoms with van der Waals surface area (Å²) in [4.78, 5) is 26.7. The van der Waals surface area contributed by atoms with Crippen LogP contribution in [-0.2, 0) is 0 Å². The minimum absolute atomic E-state index is 0.110. The van der Waals surface area contributed by atoms with Crippen LogP contribution in [0, 0.1) is 0 Å². The first-order valence-electron chi connectivity index (χ1n) is 8.06. The molecule has 0 radical (unpaired) electrons. The van der Waals surface area contributed by atoms with E-state index in [9.17, 15) is 9.59 Å². The summed E-state index contributed by atoms with van der Waals surface area (Å²) >= 11 is 0. The summed E-state index contributed by atoms with van der Waals surface area (Å²) in [5.74, 6) is -0.226. The maximum Gasteiger partial charge on any atom is 0.209 e. The number of nitrogens with one attached hydrogen (secondary N) is 1. The van der Waals surface area contributed by atoms with Crippen LogP contribution in [-0.4, -0.2) is 31.7 Å². The third kappa shape index (κ3) is 3.38. The fraction of sp³-hybridized carbons (Fsp3) is 0.200. The lowest BCUT2D eigenvalue weighted by Gasteiger charge is -2.20. The van der Waals surface area contributed by atoms with Gasteiger partial charge in [-0.3, -0.25) is 9.59 Å². The Balaban J connectivity index is 1.54. The average Bonchev–Trinajstić information content (AvgIpc) is 2.63. The van der Waals surface area contributed by atoms with Crippen LogP contribution < -0.4 is 10.2 Å². The van der Waals surface area contributed by atoms with E-state index in [1.807, 2.05) is 25.2 Å². The first-order chi connectivity index (χ1) is 11.7. The molecule has 1 N–H and O–H groups in total. The van der Waals surface area contributed by atoms with Crippen molar-refractivity contribution in [2.75, 3.05) is 25.0 Å². The highest BCUT2D eigenvalue weighted by molar-refractivity contribution is 6.24. The van der Waals surface area contributed by atoms with Crippen molar-refractivity contribution in [1.29, 1.82) is 0 Å². The molecule has 4 heteroatoms. The van der Waals surface area contributed by atoms with Crippen molar-refractivity contribution in [3.63, 3.8) is 0 Å². The van der Waals surface area contributed by atoms with E-state index in [0.29, 0.717) is 23.4 Å². The lowest BCUT2D eigenvalue weighted by molar-refractivity contribution is 0.0978. The van der Waals surface area contributed by atoms with Crippen molar-refractivity contribution >= 4 is 17.3 Å². The van der Waals surface area contributed by atoms with Crippen molar-refractivity contribution in [2.24, 2.45) is 0 Å². The van der Waals surface area contributed by atoms with E-state index in [-0.39, 0.29) is 11.6 Å². The van der Waals surface area contributed by atoms with Gasteiger partial charge < -0.3 is 10.2 Å². The predicted octanol–water partition coefficient (Wildman–Crippen LogP) is 3.07. The maximum atomic E-state index is 12.4. The Morgan fingerprint density at radius 1 is 0.917 bits per heavy atom. The molecule has 1 aliphatic carbocycles. The molecule has 0 fully saturated rings. The Kier molecular flexibility index (Phi) is 4.75. The number of anilines is 1. The van der Waals surface area contributed by atoms with Gasteiger partial charge in [-0.25, -0.2) is 0 Å². The van der Waals surface area contributed by atoms with Crippen LogP contribution in [0.3, 0.4) is 0 Å². The number of carbonyl (C=O) groups is 2. The van der Waals surface area contributed by atoms with E-state index in [2.05, 4.69) is 22.3 Å². The third-order valence-corrected chi connectivity index (χ3v) is 4.14. The number of hydrogen-bond acceptors (Lipinski definition) is 4.